The maximum Gasteiger partial charge on any atom is 0.116 e. The third kappa shape index (κ3) is 2.92. The van der Waals surface area contributed by atoms with Gasteiger partial charge < -0.3 is 5.73 Å². The van der Waals surface area contributed by atoms with E-state index in [-0.39, 0.29) is 18.0 Å². The van der Waals surface area contributed by atoms with E-state index in [1.807, 2.05) is 0 Å². The summed E-state index contributed by atoms with van der Waals surface area (Å²) in [4.78, 5) is 2.36. The van der Waals surface area contributed by atoms with Gasteiger partial charge in [0.2, 0.25) is 0 Å². The van der Waals surface area contributed by atoms with Crippen LogP contribution in [0.3, 0.4) is 0 Å². The van der Waals surface area contributed by atoms with Gasteiger partial charge in [-0.15, -0.1) is 0 Å². The van der Waals surface area contributed by atoms with E-state index in [1.165, 1.54) is 0 Å². The van der Waals surface area contributed by atoms with Crippen molar-refractivity contribution >= 4 is 0 Å². The van der Waals surface area contributed by atoms with Gasteiger partial charge in [-0.1, -0.05) is 0 Å². The van der Waals surface area contributed by atoms with Gasteiger partial charge in [-0.2, -0.15) is 0 Å². The van der Waals surface area contributed by atoms with E-state index < -0.39 is 6.17 Å². The van der Waals surface area contributed by atoms with Crippen LogP contribution in [0.15, 0.2) is 0 Å². The monoisotopic (exact) mass is 202 g/mol. The Labute approximate surface area is 86.6 Å². The summed E-state index contributed by atoms with van der Waals surface area (Å²) in [6, 6.07) is 0. The molecule has 0 aromatic carbocycles. The first-order valence-electron chi connectivity index (χ1n) is 5.54. The van der Waals surface area contributed by atoms with Gasteiger partial charge in [0.15, 0.2) is 0 Å². The highest BCUT2D eigenvalue weighted by Gasteiger charge is 2.31. The molecular formula is C11H23FN2. The Balaban J connectivity index is 2.52. The van der Waals surface area contributed by atoms with Crippen LogP contribution in [-0.2, 0) is 0 Å². The number of hydrogen-bond acceptors (Lipinski definition) is 2. The Morgan fingerprint density at radius 2 is 2.14 bits per heavy atom. The number of likely N-dealkylation sites (tertiary alicyclic amines) is 1. The lowest BCUT2D eigenvalue weighted by Crippen LogP contribution is -2.49. The number of nitrogens with zero attached hydrogens (tertiary/aromatic N) is 1. The van der Waals surface area contributed by atoms with Crippen LogP contribution in [0.2, 0.25) is 0 Å². The minimum atomic E-state index is -0.819. The molecule has 1 saturated heterocycles. The summed E-state index contributed by atoms with van der Waals surface area (Å²) < 4.78 is 13.4. The van der Waals surface area contributed by atoms with Gasteiger partial charge in [0.1, 0.15) is 6.17 Å². The van der Waals surface area contributed by atoms with Crippen LogP contribution in [0.1, 0.15) is 33.6 Å². The number of hydrogen-bond donors (Lipinski definition) is 1. The van der Waals surface area contributed by atoms with Crippen LogP contribution in [-0.4, -0.2) is 36.2 Å². The van der Waals surface area contributed by atoms with Crippen molar-refractivity contribution in [2.24, 2.45) is 11.7 Å². The van der Waals surface area contributed by atoms with Crippen molar-refractivity contribution in [3.8, 4) is 0 Å². The van der Waals surface area contributed by atoms with Crippen molar-refractivity contribution in [2.45, 2.75) is 45.3 Å². The molecule has 2 N–H and O–H groups in total. The van der Waals surface area contributed by atoms with E-state index in [0.717, 1.165) is 25.9 Å². The fourth-order valence-electron chi connectivity index (χ4n) is 2.11. The largest absolute Gasteiger partial charge is 0.328 e. The zero-order chi connectivity index (χ0) is 10.8. The molecule has 0 aliphatic carbocycles. The van der Waals surface area contributed by atoms with Crippen molar-refractivity contribution in [3.63, 3.8) is 0 Å². The quantitative estimate of drug-likeness (QED) is 0.739. The summed E-state index contributed by atoms with van der Waals surface area (Å²) in [7, 11) is 0. The van der Waals surface area contributed by atoms with E-state index in [0.29, 0.717) is 0 Å². The molecule has 1 fully saturated rings. The summed E-state index contributed by atoms with van der Waals surface area (Å²) in [6.45, 7) is 8.68. The average molecular weight is 202 g/mol. The predicted molar refractivity (Wildman–Crippen MR) is 58.0 cm³/mol. The fourth-order valence-corrected chi connectivity index (χ4v) is 2.11. The molecule has 0 bridgehead atoms. The van der Waals surface area contributed by atoms with Gasteiger partial charge in [0, 0.05) is 24.5 Å². The molecule has 2 unspecified atom stereocenters. The molecule has 1 rings (SSSR count). The summed E-state index contributed by atoms with van der Waals surface area (Å²) in [5, 5.41) is 0. The second-order valence-corrected chi connectivity index (χ2v) is 5.27. The van der Waals surface area contributed by atoms with Crippen molar-refractivity contribution in [2.75, 3.05) is 19.6 Å². The molecule has 1 heterocycles. The molecule has 14 heavy (non-hydrogen) atoms. The van der Waals surface area contributed by atoms with Crippen LogP contribution in [0.5, 0.6) is 0 Å². The van der Waals surface area contributed by atoms with Crippen molar-refractivity contribution in [1.82, 2.24) is 4.90 Å². The van der Waals surface area contributed by atoms with E-state index in [2.05, 4.69) is 25.7 Å². The third-order valence-electron chi connectivity index (χ3n) is 3.14. The minimum absolute atomic E-state index is 0.146. The summed E-state index contributed by atoms with van der Waals surface area (Å²) in [6.07, 6.45) is 1.27. The molecule has 1 aliphatic heterocycles. The number of halogens is 1. The number of alkyl halides is 1. The molecule has 1 aliphatic rings. The van der Waals surface area contributed by atoms with E-state index in [4.69, 9.17) is 5.73 Å². The number of piperidine rings is 1. The van der Waals surface area contributed by atoms with Crippen LogP contribution in [0, 0.1) is 5.92 Å². The van der Waals surface area contributed by atoms with Crippen molar-refractivity contribution < 1.29 is 4.39 Å². The lowest BCUT2D eigenvalue weighted by atomic mass is 9.90. The maximum atomic E-state index is 13.4. The molecule has 0 aromatic rings. The number of rotatable bonds is 2. The molecule has 84 valence electrons. The first-order chi connectivity index (χ1) is 6.45. The molecule has 0 radical (unpaired) electrons. The van der Waals surface area contributed by atoms with Gasteiger partial charge in [-0.3, -0.25) is 4.90 Å². The van der Waals surface area contributed by atoms with Gasteiger partial charge in [0.25, 0.3) is 0 Å². The Morgan fingerprint density at radius 1 is 1.50 bits per heavy atom. The van der Waals surface area contributed by atoms with Crippen molar-refractivity contribution in [3.05, 3.63) is 0 Å². The van der Waals surface area contributed by atoms with Crippen LogP contribution in [0.25, 0.3) is 0 Å². The minimum Gasteiger partial charge on any atom is -0.328 e. The molecule has 0 amide bonds. The van der Waals surface area contributed by atoms with Crippen LogP contribution < -0.4 is 5.73 Å². The fraction of sp³-hybridized carbons (Fsp3) is 1.00. The highest BCUT2D eigenvalue weighted by Crippen LogP contribution is 2.26. The second kappa shape index (κ2) is 4.58. The Kier molecular flexibility index (Phi) is 3.90. The molecule has 2 nitrogen and oxygen atoms in total. The van der Waals surface area contributed by atoms with Crippen LogP contribution in [0.4, 0.5) is 4.39 Å². The topological polar surface area (TPSA) is 29.3 Å². The first kappa shape index (κ1) is 11.9. The van der Waals surface area contributed by atoms with Gasteiger partial charge in [0.05, 0.1) is 0 Å². The molecule has 2 atom stereocenters. The summed E-state index contributed by atoms with van der Waals surface area (Å²) in [5.41, 5.74) is 5.52. The molecule has 0 saturated carbocycles. The average Bonchev–Trinajstić information content (AvgIpc) is 2.15. The molecule has 0 spiro atoms. The summed E-state index contributed by atoms with van der Waals surface area (Å²) in [5.74, 6) is 0.146. The summed E-state index contributed by atoms with van der Waals surface area (Å²) >= 11 is 0. The first-order valence-corrected chi connectivity index (χ1v) is 5.54. The Hall–Kier alpha value is -0.150. The highest BCUT2D eigenvalue weighted by atomic mass is 19.1. The normalized spacial score (nSPS) is 27.6. The van der Waals surface area contributed by atoms with Gasteiger partial charge >= 0.3 is 0 Å². The maximum absolute atomic E-state index is 13.4. The second-order valence-electron chi connectivity index (χ2n) is 5.27. The lowest BCUT2D eigenvalue weighted by molar-refractivity contribution is 0.0493. The van der Waals surface area contributed by atoms with Gasteiger partial charge in [-0.25, -0.2) is 4.39 Å². The highest BCUT2D eigenvalue weighted by molar-refractivity contribution is 4.85. The molecule has 3 heteroatoms. The number of nitrogens with two attached hydrogens (primary N) is 1. The Bertz CT molecular complexity index is 177. The third-order valence-corrected chi connectivity index (χ3v) is 3.14. The zero-order valence-electron chi connectivity index (χ0n) is 9.59. The van der Waals surface area contributed by atoms with E-state index >= 15 is 0 Å². The smallest absolute Gasteiger partial charge is 0.116 e. The van der Waals surface area contributed by atoms with E-state index in [1.54, 1.807) is 0 Å². The predicted octanol–water partition coefficient (Wildman–Crippen LogP) is 1.79. The SMILES string of the molecule is CC(C)(C)N1CCCC(C(F)CN)C1. The van der Waals surface area contributed by atoms with Gasteiger partial charge in [-0.05, 0) is 40.2 Å². The molecular weight excluding hydrogens is 179 g/mol. The van der Waals surface area contributed by atoms with Crippen LogP contribution >= 0.6 is 0 Å². The van der Waals surface area contributed by atoms with Crippen molar-refractivity contribution in [1.29, 1.82) is 0 Å². The molecule has 0 aromatic heterocycles. The Morgan fingerprint density at radius 3 is 2.64 bits per heavy atom. The van der Waals surface area contributed by atoms with E-state index in [9.17, 15) is 4.39 Å². The lowest BCUT2D eigenvalue weighted by Gasteiger charge is -2.42. The standard InChI is InChI=1S/C11H23FN2/c1-11(2,3)14-6-4-5-9(8-14)10(12)7-13/h9-10H,4-8,13H2,1-3H3. The zero-order valence-corrected chi connectivity index (χ0v) is 9.59.